The molecule has 0 aliphatic heterocycles. The van der Waals surface area contributed by atoms with Crippen LogP contribution >= 0.6 is 0 Å². The lowest BCUT2D eigenvalue weighted by atomic mass is 10.2. The average molecular weight is 258 g/mol. The van der Waals surface area contributed by atoms with E-state index in [4.69, 9.17) is 0 Å². The van der Waals surface area contributed by atoms with E-state index in [1.807, 2.05) is 6.92 Å². The highest BCUT2D eigenvalue weighted by Gasteiger charge is 2.17. The second-order valence-corrected chi connectivity index (χ2v) is 4.00. The van der Waals surface area contributed by atoms with Gasteiger partial charge in [-0.25, -0.2) is 0 Å². The van der Waals surface area contributed by atoms with Crippen LogP contribution in [0.2, 0.25) is 0 Å². The van der Waals surface area contributed by atoms with Gasteiger partial charge in [-0.2, -0.15) is 0 Å². The molecule has 0 spiro atoms. The summed E-state index contributed by atoms with van der Waals surface area (Å²) in [5.74, 6) is -0.243. The Morgan fingerprint density at radius 3 is 2.63 bits per heavy atom. The van der Waals surface area contributed by atoms with Crippen molar-refractivity contribution >= 4 is 11.6 Å². The summed E-state index contributed by atoms with van der Waals surface area (Å²) in [4.78, 5) is 17.6. The van der Waals surface area contributed by atoms with Gasteiger partial charge in [-0.05, 0) is 25.1 Å². The summed E-state index contributed by atoms with van der Waals surface area (Å²) in [5, 5.41) is 18.8. The molecular weight excluding hydrogens is 244 g/mol. The Balaban J connectivity index is 2.34. The largest absolute Gasteiger partial charge is 0.508 e. The molecule has 1 amide bonds. The third-order valence-corrected chi connectivity index (χ3v) is 2.67. The summed E-state index contributed by atoms with van der Waals surface area (Å²) in [6.45, 7) is 2.27. The normalized spacial score (nSPS) is 10.2. The summed E-state index contributed by atoms with van der Waals surface area (Å²) in [7, 11) is 0. The fourth-order valence-electron chi connectivity index (χ4n) is 1.80. The summed E-state index contributed by atoms with van der Waals surface area (Å²) in [6, 6.07) is 7.81. The zero-order chi connectivity index (χ0) is 13.8. The highest BCUT2D eigenvalue weighted by molar-refractivity contribution is 6.06. The van der Waals surface area contributed by atoms with Crippen LogP contribution in [0.4, 0.5) is 5.69 Å². The minimum Gasteiger partial charge on any atom is -0.508 e. The van der Waals surface area contributed by atoms with Gasteiger partial charge in [0.05, 0.1) is 11.8 Å². The number of aromatic hydroxyl groups is 2. The molecular formula is C14H14N2O3. The van der Waals surface area contributed by atoms with Crippen LogP contribution in [0.5, 0.6) is 11.5 Å². The van der Waals surface area contributed by atoms with Crippen LogP contribution in [0.15, 0.2) is 42.7 Å². The first-order valence-corrected chi connectivity index (χ1v) is 5.86. The van der Waals surface area contributed by atoms with Crippen LogP contribution in [0.25, 0.3) is 0 Å². The van der Waals surface area contributed by atoms with E-state index in [0.717, 1.165) is 0 Å². The maximum absolute atomic E-state index is 12.3. The molecule has 2 aromatic rings. The fourth-order valence-corrected chi connectivity index (χ4v) is 1.80. The Hall–Kier alpha value is -2.56. The molecule has 0 aliphatic carbocycles. The molecule has 0 saturated carbocycles. The summed E-state index contributed by atoms with van der Waals surface area (Å²) < 4.78 is 0. The van der Waals surface area contributed by atoms with E-state index >= 15 is 0 Å². The van der Waals surface area contributed by atoms with E-state index in [9.17, 15) is 15.0 Å². The maximum Gasteiger partial charge on any atom is 0.259 e. The zero-order valence-corrected chi connectivity index (χ0v) is 10.4. The molecule has 5 nitrogen and oxygen atoms in total. The number of anilines is 1. The Kier molecular flexibility index (Phi) is 3.66. The third kappa shape index (κ3) is 2.82. The number of carbonyl (C=O) groups is 1. The molecule has 0 fully saturated rings. The number of carbonyl (C=O) groups excluding carboxylic acids is 1. The number of pyridine rings is 1. The smallest absolute Gasteiger partial charge is 0.259 e. The monoisotopic (exact) mass is 258 g/mol. The quantitative estimate of drug-likeness (QED) is 0.884. The molecule has 5 heteroatoms. The molecule has 0 saturated heterocycles. The number of phenols is 1. The molecule has 2 N–H and O–H groups in total. The number of hydrogen-bond acceptors (Lipinski definition) is 4. The molecule has 2 rings (SSSR count). The predicted molar refractivity (Wildman–Crippen MR) is 71.4 cm³/mol. The third-order valence-electron chi connectivity index (χ3n) is 2.67. The van der Waals surface area contributed by atoms with Crippen LogP contribution < -0.4 is 4.90 Å². The molecule has 0 unspecified atom stereocenters. The SMILES string of the molecule is CCN(C(=O)c1cncc(O)c1)c1cccc(O)c1. The van der Waals surface area contributed by atoms with Crippen molar-refractivity contribution in [3.8, 4) is 11.5 Å². The molecule has 0 radical (unpaired) electrons. The first-order valence-electron chi connectivity index (χ1n) is 5.86. The van der Waals surface area contributed by atoms with Crippen LogP contribution in [-0.2, 0) is 0 Å². The van der Waals surface area contributed by atoms with Crippen molar-refractivity contribution in [2.24, 2.45) is 0 Å². The van der Waals surface area contributed by atoms with Gasteiger partial charge < -0.3 is 15.1 Å². The van der Waals surface area contributed by atoms with E-state index in [1.165, 1.54) is 35.5 Å². The number of benzene rings is 1. The highest BCUT2D eigenvalue weighted by atomic mass is 16.3. The highest BCUT2D eigenvalue weighted by Crippen LogP contribution is 2.22. The van der Waals surface area contributed by atoms with Crippen molar-refractivity contribution in [2.45, 2.75) is 6.92 Å². The fraction of sp³-hybridized carbons (Fsp3) is 0.143. The zero-order valence-electron chi connectivity index (χ0n) is 10.4. The molecule has 0 atom stereocenters. The number of rotatable bonds is 3. The standard InChI is InChI=1S/C14H14N2O3/c1-2-16(11-4-3-5-12(17)7-11)14(19)10-6-13(18)9-15-8-10/h3-9,17-18H,2H2,1H3. The number of hydrogen-bond donors (Lipinski definition) is 2. The maximum atomic E-state index is 12.3. The molecule has 1 aromatic heterocycles. The van der Waals surface area contributed by atoms with Gasteiger partial charge >= 0.3 is 0 Å². The summed E-state index contributed by atoms with van der Waals surface area (Å²) >= 11 is 0. The summed E-state index contributed by atoms with van der Waals surface area (Å²) in [5.41, 5.74) is 0.890. The lowest BCUT2D eigenvalue weighted by molar-refractivity contribution is 0.0987. The van der Waals surface area contributed by atoms with Crippen molar-refractivity contribution in [1.82, 2.24) is 4.98 Å². The van der Waals surface area contributed by atoms with Gasteiger partial charge in [0.2, 0.25) is 0 Å². The number of amides is 1. The van der Waals surface area contributed by atoms with Crippen molar-refractivity contribution in [2.75, 3.05) is 11.4 Å². The molecule has 0 bridgehead atoms. The van der Waals surface area contributed by atoms with E-state index in [-0.39, 0.29) is 17.4 Å². The Morgan fingerprint density at radius 1 is 1.21 bits per heavy atom. The number of phenolic OH excluding ortho intramolecular Hbond substituents is 1. The lowest BCUT2D eigenvalue weighted by Crippen LogP contribution is -2.30. The molecule has 19 heavy (non-hydrogen) atoms. The first-order chi connectivity index (χ1) is 9.11. The van der Waals surface area contributed by atoms with Crippen molar-refractivity contribution in [3.63, 3.8) is 0 Å². The Morgan fingerprint density at radius 2 is 2.00 bits per heavy atom. The van der Waals surface area contributed by atoms with Gasteiger partial charge in [0, 0.05) is 24.5 Å². The predicted octanol–water partition coefficient (Wildman–Crippen LogP) is 2.16. The van der Waals surface area contributed by atoms with E-state index in [1.54, 1.807) is 12.1 Å². The second kappa shape index (κ2) is 5.39. The van der Waals surface area contributed by atoms with Crippen LogP contribution in [0, 0.1) is 0 Å². The van der Waals surface area contributed by atoms with E-state index in [2.05, 4.69) is 4.98 Å². The molecule has 1 heterocycles. The molecule has 1 aromatic carbocycles. The van der Waals surface area contributed by atoms with Crippen LogP contribution in [0.1, 0.15) is 17.3 Å². The Labute approximate surface area is 110 Å². The first kappa shape index (κ1) is 12.9. The molecule has 0 aliphatic rings. The van der Waals surface area contributed by atoms with Gasteiger partial charge in [0.15, 0.2) is 0 Å². The minimum atomic E-state index is -0.281. The Bertz CT molecular complexity index is 599. The number of nitrogens with zero attached hydrogens (tertiary/aromatic N) is 2. The van der Waals surface area contributed by atoms with Gasteiger partial charge in [-0.1, -0.05) is 6.07 Å². The van der Waals surface area contributed by atoms with Gasteiger partial charge in [0.1, 0.15) is 11.5 Å². The van der Waals surface area contributed by atoms with Gasteiger partial charge in [0.25, 0.3) is 5.91 Å². The lowest BCUT2D eigenvalue weighted by Gasteiger charge is -2.21. The number of aromatic nitrogens is 1. The average Bonchev–Trinajstić information content (AvgIpc) is 2.39. The van der Waals surface area contributed by atoms with Crippen molar-refractivity contribution < 1.29 is 15.0 Å². The summed E-state index contributed by atoms with van der Waals surface area (Å²) in [6.07, 6.45) is 2.66. The van der Waals surface area contributed by atoms with Gasteiger partial charge in [-0.3, -0.25) is 9.78 Å². The topological polar surface area (TPSA) is 73.7 Å². The van der Waals surface area contributed by atoms with Crippen LogP contribution in [0.3, 0.4) is 0 Å². The van der Waals surface area contributed by atoms with E-state index in [0.29, 0.717) is 17.8 Å². The molecule has 98 valence electrons. The van der Waals surface area contributed by atoms with E-state index < -0.39 is 0 Å². The second-order valence-electron chi connectivity index (χ2n) is 4.00. The van der Waals surface area contributed by atoms with Gasteiger partial charge in [-0.15, -0.1) is 0 Å². The minimum absolute atomic E-state index is 0.0576. The van der Waals surface area contributed by atoms with Crippen molar-refractivity contribution in [1.29, 1.82) is 0 Å². The van der Waals surface area contributed by atoms with Crippen LogP contribution in [-0.4, -0.2) is 27.6 Å². The van der Waals surface area contributed by atoms with Crippen molar-refractivity contribution in [3.05, 3.63) is 48.3 Å².